The van der Waals surface area contributed by atoms with E-state index >= 15 is 0 Å². The smallest absolute Gasteiger partial charge is 0.184 e. The van der Waals surface area contributed by atoms with E-state index in [1.54, 1.807) is 0 Å². The third-order valence-electron chi connectivity index (χ3n) is 5.69. The van der Waals surface area contributed by atoms with Crippen LogP contribution in [0.2, 0.25) is 0 Å². The summed E-state index contributed by atoms with van der Waals surface area (Å²) in [5, 5.41) is 10.8. The molecular weight excluding hydrogens is 418 g/mol. The molecule has 1 aliphatic rings. The maximum atomic E-state index is 10.8. The molecule has 0 unspecified atom stereocenters. The van der Waals surface area contributed by atoms with Crippen molar-refractivity contribution >= 4 is 0 Å². The zero-order chi connectivity index (χ0) is 22.9. The first-order valence-corrected chi connectivity index (χ1v) is 11.2. The lowest BCUT2D eigenvalue weighted by Gasteiger charge is -2.43. The normalized spacial score (nSPS) is 25.1. The summed E-state index contributed by atoms with van der Waals surface area (Å²) in [5.41, 5.74) is 9.64. The summed E-state index contributed by atoms with van der Waals surface area (Å²) >= 11 is 0. The molecule has 0 radical (unpaired) electrons. The van der Waals surface area contributed by atoms with Gasteiger partial charge in [0.1, 0.15) is 18.3 Å². The molecule has 0 bridgehead atoms. The van der Waals surface area contributed by atoms with Crippen molar-refractivity contribution in [3.63, 3.8) is 0 Å². The quantitative estimate of drug-likeness (QED) is 0.494. The molecule has 1 fully saturated rings. The van der Waals surface area contributed by atoms with Crippen molar-refractivity contribution in [3.05, 3.63) is 108 Å². The van der Waals surface area contributed by atoms with Gasteiger partial charge in [-0.25, -0.2) is 0 Å². The Bertz CT molecular complexity index is 941. The highest BCUT2D eigenvalue weighted by Crippen LogP contribution is 2.26. The average Bonchev–Trinajstić information content (AvgIpc) is 2.86. The van der Waals surface area contributed by atoms with E-state index in [0.717, 1.165) is 16.7 Å². The highest BCUT2D eigenvalue weighted by atomic mass is 16.7. The second-order valence-electron chi connectivity index (χ2n) is 8.17. The predicted octanol–water partition coefficient (Wildman–Crippen LogP) is 3.42. The Morgan fingerprint density at radius 3 is 1.64 bits per heavy atom. The lowest BCUT2D eigenvalue weighted by atomic mass is 9.96. The van der Waals surface area contributed by atoms with Crippen LogP contribution < -0.4 is 5.73 Å². The molecule has 5 atom stereocenters. The topological polar surface area (TPSA) is 83.2 Å². The minimum atomic E-state index is -1.18. The molecule has 1 aliphatic heterocycles. The second-order valence-corrected chi connectivity index (χ2v) is 8.17. The highest BCUT2D eigenvalue weighted by molar-refractivity contribution is 5.15. The van der Waals surface area contributed by atoms with E-state index in [4.69, 9.17) is 24.7 Å². The Morgan fingerprint density at radius 2 is 1.12 bits per heavy atom. The third-order valence-corrected chi connectivity index (χ3v) is 5.69. The van der Waals surface area contributed by atoms with Crippen molar-refractivity contribution < 1.29 is 24.1 Å². The molecule has 1 heterocycles. The van der Waals surface area contributed by atoms with Gasteiger partial charge in [-0.05, 0) is 16.7 Å². The van der Waals surface area contributed by atoms with Gasteiger partial charge < -0.3 is 29.8 Å². The monoisotopic (exact) mass is 449 g/mol. The Kier molecular flexibility index (Phi) is 8.60. The lowest BCUT2D eigenvalue weighted by Crippen LogP contribution is -2.63. The summed E-state index contributed by atoms with van der Waals surface area (Å²) in [6.07, 6.45) is -3.00. The van der Waals surface area contributed by atoms with E-state index in [1.165, 1.54) is 0 Å². The number of benzene rings is 3. The number of hydrogen-bond acceptors (Lipinski definition) is 6. The van der Waals surface area contributed by atoms with Gasteiger partial charge in [0, 0.05) is 0 Å². The van der Waals surface area contributed by atoms with E-state index in [2.05, 4.69) is 0 Å². The summed E-state index contributed by atoms with van der Waals surface area (Å²) in [4.78, 5) is 0. The van der Waals surface area contributed by atoms with Crippen LogP contribution in [-0.4, -0.2) is 42.4 Å². The first-order chi connectivity index (χ1) is 16.2. The van der Waals surface area contributed by atoms with Crippen LogP contribution in [0.15, 0.2) is 91.0 Å². The molecule has 0 aliphatic carbocycles. The Balaban J connectivity index is 1.41. The maximum absolute atomic E-state index is 10.8. The van der Waals surface area contributed by atoms with Crippen LogP contribution >= 0.6 is 0 Å². The summed E-state index contributed by atoms with van der Waals surface area (Å²) < 4.78 is 23.9. The molecular formula is C27H31NO5. The van der Waals surface area contributed by atoms with Crippen LogP contribution in [0, 0.1) is 0 Å². The fourth-order valence-electron chi connectivity index (χ4n) is 3.87. The molecule has 174 valence electrons. The molecule has 3 aromatic rings. The number of ether oxygens (including phenoxy) is 4. The summed E-state index contributed by atoms with van der Waals surface area (Å²) in [7, 11) is 0. The van der Waals surface area contributed by atoms with Crippen LogP contribution in [-0.2, 0) is 38.8 Å². The molecule has 6 nitrogen and oxygen atoms in total. The first kappa shape index (κ1) is 23.6. The van der Waals surface area contributed by atoms with Gasteiger partial charge in [0.05, 0.1) is 32.5 Å². The number of nitrogens with two attached hydrogens (primary N) is 1. The zero-order valence-electron chi connectivity index (χ0n) is 18.5. The van der Waals surface area contributed by atoms with E-state index in [-0.39, 0.29) is 6.61 Å². The van der Waals surface area contributed by atoms with Crippen molar-refractivity contribution in [2.75, 3.05) is 6.61 Å². The van der Waals surface area contributed by atoms with Crippen LogP contribution in [0.3, 0.4) is 0 Å². The molecule has 3 N–H and O–H groups in total. The molecule has 0 spiro atoms. The molecule has 1 saturated heterocycles. The van der Waals surface area contributed by atoms with Crippen molar-refractivity contribution in [1.29, 1.82) is 0 Å². The minimum absolute atomic E-state index is 0.240. The van der Waals surface area contributed by atoms with Gasteiger partial charge >= 0.3 is 0 Å². The van der Waals surface area contributed by atoms with Gasteiger partial charge in [-0.3, -0.25) is 0 Å². The third kappa shape index (κ3) is 6.71. The lowest BCUT2D eigenvalue weighted by molar-refractivity contribution is -0.283. The van der Waals surface area contributed by atoms with E-state index in [0.29, 0.717) is 19.8 Å². The summed E-state index contributed by atoms with van der Waals surface area (Å²) in [6, 6.07) is 29.0. The molecule has 4 rings (SSSR count). The fourth-order valence-corrected chi connectivity index (χ4v) is 3.87. The van der Waals surface area contributed by atoms with Gasteiger partial charge in [0.25, 0.3) is 0 Å². The molecule has 0 amide bonds. The van der Waals surface area contributed by atoms with Gasteiger partial charge in [-0.15, -0.1) is 0 Å². The van der Waals surface area contributed by atoms with Crippen molar-refractivity contribution in [3.8, 4) is 0 Å². The largest absolute Gasteiger partial charge is 0.374 e. The van der Waals surface area contributed by atoms with E-state index < -0.39 is 30.6 Å². The minimum Gasteiger partial charge on any atom is -0.374 e. The predicted molar refractivity (Wildman–Crippen MR) is 125 cm³/mol. The standard InChI is InChI=1S/C27H31NO5/c28-24-23(19-30-16-20-10-4-1-5-11-20)33-27(29)26(32-18-22-14-8-3-9-15-22)25(24)31-17-21-12-6-2-7-13-21/h1-15,23-27,29H,16-19,28H2/t23-,24+,25+,26-,27-/m0/s1. The Hall–Kier alpha value is -2.58. The SMILES string of the molecule is N[C@H]1[C@@H](OCc2ccccc2)[C@H](OCc2ccccc2)[C@@H](O)O[C@H]1COCc1ccccc1. The summed E-state index contributed by atoms with van der Waals surface area (Å²) in [5.74, 6) is 0. The van der Waals surface area contributed by atoms with Crippen LogP contribution in [0.1, 0.15) is 16.7 Å². The van der Waals surface area contributed by atoms with Crippen molar-refractivity contribution in [2.45, 2.75) is 50.5 Å². The van der Waals surface area contributed by atoms with E-state index in [1.807, 2.05) is 91.0 Å². The van der Waals surface area contributed by atoms with Crippen LogP contribution in [0.25, 0.3) is 0 Å². The van der Waals surface area contributed by atoms with Gasteiger partial charge in [-0.2, -0.15) is 0 Å². The number of hydrogen-bond donors (Lipinski definition) is 2. The van der Waals surface area contributed by atoms with Crippen molar-refractivity contribution in [1.82, 2.24) is 0 Å². The molecule has 0 saturated carbocycles. The molecule has 33 heavy (non-hydrogen) atoms. The fraction of sp³-hybridized carbons (Fsp3) is 0.333. The Morgan fingerprint density at radius 1 is 0.667 bits per heavy atom. The van der Waals surface area contributed by atoms with Gasteiger partial charge in [-0.1, -0.05) is 91.0 Å². The van der Waals surface area contributed by atoms with E-state index in [9.17, 15) is 5.11 Å². The molecule has 6 heteroatoms. The second kappa shape index (κ2) is 12.0. The number of aliphatic hydroxyl groups excluding tert-OH is 1. The number of aliphatic hydroxyl groups is 1. The highest BCUT2D eigenvalue weighted by Gasteiger charge is 2.45. The van der Waals surface area contributed by atoms with Crippen LogP contribution in [0.5, 0.6) is 0 Å². The number of rotatable bonds is 10. The van der Waals surface area contributed by atoms with Gasteiger partial charge in [0.2, 0.25) is 0 Å². The first-order valence-electron chi connectivity index (χ1n) is 11.2. The maximum Gasteiger partial charge on any atom is 0.184 e. The molecule has 0 aromatic heterocycles. The van der Waals surface area contributed by atoms with Crippen LogP contribution in [0.4, 0.5) is 0 Å². The zero-order valence-corrected chi connectivity index (χ0v) is 18.5. The summed E-state index contributed by atoms with van der Waals surface area (Å²) in [6.45, 7) is 1.35. The Labute approximate surface area is 194 Å². The van der Waals surface area contributed by atoms with Crippen molar-refractivity contribution in [2.24, 2.45) is 5.73 Å². The van der Waals surface area contributed by atoms with Gasteiger partial charge in [0.15, 0.2) is 6.29 Å². The molecule has 3 aromatic carbocycles. The average molecular weight is 450 g/mol.